The Morgan fingerprint density at radius 2 is 1.81 bits per heavy atom. The lowest BCUT2D eigenvalue weighted by atomic mass is 9.37. The van der Waals surface area contributed by atoms with Crippen LogP contribution in [0.2, 0.25) is 0 Å². The molecule has 3 saturated carbocycles. The van der Waals surface area contributed by atoms with Gasteiger partial charge in [0.25, 0.3) is 0 Å². The van der Waals surface area contributed by atoms with Gasteiger partial charge in [-0.15, -0.1) is 5.92 Å². The Kier molecular flexibility index (Phi) is 10.4. The lowest BCUT2D eigenvalue weighted by Gasteiger charge is -2.67. The number of hydrogen-bond donors (Lipinski definition) is 8. The molecule has 328 valence electrons. The first kappa shape index (κ1) is 42.3. The molecule has 8 N–H and O–H groups in total. The minimum atomic E-state index is -2.89. The van der Waals surface area contributed by atoms with E-state index in [1.54, 1.807) is 18.9 Å². The average molecular weight is 826 g/mol. The number of ether oxygens (including phenoxy) is 3. The third-order valence-electron chi connectivity index (χ3n) is 17.7. The number of allylic oxidation sites excluding steroid dienone is 1. The molecule has 5 aliphatic carbocycles. The molecule has 14 nitrogen and oxygen atoms in total. The second-order valence-corrected chi connectivity index (χ2v) is 20.7. The highest BCUT2D eigenvalue weighted by atomic mass is 16.6. The zero-order chi connectivity index (χ0) is 42.1. The van der Waals surface area contributed by atoms with E-state index in [4.69, 9.17) is 14.2 Å². The first-order valence-electron chi connectivity index (χ1n) is 22.4. The van der Waals surface area contributed by atoms with Crippen molar-refractivity contribution in [1.82, 2.24) is 15.5 Å². The lowest BCUT2D eigenvalue weighted by molar-refractivity contribution is -0.344. The Morgan fingerprint density at radius 1 is 1.03 bits per heavy atom. The van der Waals surface area contributed by atoms with Crippen LogP contribution in [0, 0.1) is 57.7 Å². The molecule has 0 aromatic rings. The second-order valence-electron chi connectivity index (χ2n) is 20.7. The first-order chi connectivity index (χ1) is 27.9. The third kappa shape index (κ3) is 5.93. The second kappa shape index (κ2) is 14.5. The SMILES string of the molecule is COCCCO[C@H]1CC[C@@]2(C)[C@@H](C1)C(=O)C1=C3[C@@]24C#CC[C@H]2CN2C(=O)[C@H]2C[C@@H]5[C@@H](CNC[C@H](C)O)[C@H](O[C@H]5[C@@H](O)N2)C(O)(O)[C@@](C)(O)[C@H]2C[C@H](CC1)[C@]3(O)[C@]2(C)CC4. The molecular formula is C45H67N3O11. The summed E-state index contributed by atoms with van der Waals surface area (Å²) in [6.45, 7) is 9.27. The highest BCUT2D eigenvalue weighted by molar-refractivity contribution is 6.01. The number of nitrogens with one attached hydrogen (secondary N) is 2. The number of carbonyl (C=O) groups excluding carboxylic acids is 2. The van der Waals surface area contributed by atoms with Crippen molar-refractivity contribution in [2.45, 2.75) is 158 Å². The molecule has 17 atom stereocenters. The number of amides is 1. The van der Waals surface area contributed by atoms with Crippen LogP contribution in [0.1, 0.15) is 98.3 Å². The number of hydrogen-bond acceptors (Lipinski definition) is 13. The molecule has 14 heteroatoms. The van der Waals surface area contributed by atoms with E-state index < -0.39 is 81.6 Å². The molecular weight excluding hydrogens is 759 g/mol. The number of ketones is 1. The maximum absolute atomic E-state index is 15.1. The fourth-order valence-electron chi connectivity index (χ4n) is 14.5. The normalized spacial score (nSPS) is 49.8. The molecule has 5 heterocycles. The van der Waals surface area contributed by atoms with Gasteiger partial charge in [0.15, 0.2) is 5.78 Å². The Morgan fingerprint density at radius 3 is 2.56 bits per heavy atom. The average Bonchev–Trinajstić information content (AvgIpc) is 3.79. The van der Waals surface area contributed by atoms with Gasteiger partial charge in [-0.25, -0.2) is 0 Å². The zero-order valence-electron chi connectivity index (χ0n) is 35.4. The Labute approximate surface area is 347 Å². The van der Waals surface area contributed by atoms with Crippen LogP contribution in [0.5, 0.6) is 0 Å². The number of fused-ring (bicyclic) bond motifs is 4. The summed E-state index contributed by atoms with van der Waals surface area (Å²) in [6.07, 6.45) is 1.28. The van der Waals surface area contributed by atoms with E-state index in [1.807, 2.05) is 6.92 Å². The molecule has 0 radical (unpaired) electrons. The van der Waals surface area contributed by atoms with Gasteiger partial charge in [-0.3, -0.25) is 14.9 Å². The summed E-state index contributed by atoms with van der Waals surface area (Å²) in [7, 11) is 1.67. The van der Waals surface area contributed by atoms with Crippen LogP contribution in [-0.4, -0.2) is 147 Å². The van der Waals surface area contributed by atoms with E-state index >= 15 is 4.79 Å². The Hall–Kier alpha value is -2.00. The Balaban J connectivity index is 1.17. The summed E-state index contributed by atoms with van der Waals surface area (Å²) in [5, 5.41) is 79.8. The molecule has 6 fully saturated rings. The van der Waals surface area contributed by atoms with Crippen LogP contribution in [0.25, 0.3) is 0 Å². The number of Topliss-reactive ketones (excluding diaryl/α,β-unsaturated/α-hetero) is 1. The molecule has 0 aromatic carbocycles. The van der Waals surface area contributed by atoms with Crippen molar-refractivity contribution in [3.8, 4) is 11.8 Å². The summed E-state index contributed by atoms with van der Waals surface area (Å²) in [4.78, 5) is 30.9. The van der Waals surface area contributed by atoms with Crippen LogP contribution >= 0.6 is 0 Å². The van der Waals surface area contributed by atoms with Gasteiger partial charge >= 0.3 is 0 Å². The maximum Gasteiger partial charge on any atom is 0.240 e. The topological polar surface area (TPSA) is 210 Å². The minimum Gasteiger partial charge on any atom is -0.392 e. The van der Waals surface area contributed by atoms with E-state index in [1.165, 1.54) is 6.92 Å². The highest BCUT2D eigenvalue weighted by Gasteiger charge is 2.79. The van der Waals surface area contributed by atoms with Crippen molar-refractivity contribution in [1.29, 1.82) is 0 Å². The molecule has 1 amide bonds. The van der Waals surface area contributed by atoms with E-state index in [0.717, 1.165) is 12.8 Å². The molecule has 10 rings (SSSR count). The van der Waals surface area contributed by atoms with Crippen molar-refractivity contribution in [2.75, 3.05) is 40.0 Å². The Bertz CT molecular complexity index is 1810. The van der Waals surface area contributed by atoms with Gasteiger partial charge in [-0.1, -0.05) is 19.8 Å². The van der Waals surface area contributed by atoms with Crippen LogP contribution < -0.4 is 10.6 Å². The molecule has 5 aliphatic heterocycles. The predicted molar refractivity (Wildman–Crippen MR) is 213 cm³/mol. The predicted octanol–water partition coefficient (Wildman–Crippen LogP) is 0.742. The molecule has 59 heavy (non-hydrogen) atoms. The summed E-state index contributed by atoms with van der Waals surface area (Å²) in [5.74, 6) is 1.58. The van der Waals surface area contributed by atoms with E-state index in [0.29, 0.717) is 75.9 Å². The van der Waals surface area contributed by atoms with Crippen molar-refractivity contribution in [2.24, 2.45) is 45.8 Å². The zero-order valence-corrected chi connectivity index (χ0v) is 35.4. The number of methoxy groups -OCH3 is 1. The highest BCUT2D eigenvalue weighted by Crippen LogP contribution is 2.77. The van der Waals surface area contributed by atoms with Crippen LogP contribution in [0.3, 0.4) is 0 Å². The first-order valence-corrected chi connectivity index (χ1v) is 22.4. The number of aliphatic hydroxyl groups is 6. The van der Waals surface area contributed by atoms with Gasteiger partial charge in [-0.05, 0) is 106 Å². The summed E-state index contributed by atoms with van der Waals surface area (Å²) < 4.78 is 18.0. The standard InChI is InChI=1S/C45H67N3O11/c1-24(49)21-46-22-30-29-20-32-39(52)48-23-26(48)8-6-12-43-15-14-41(3)33(42(4,53)45(55,56)37(30)59-35(29)38(51)47-32)18-25-9-10-28(36(43)44(25,41)54)34(50)31-19-27(11-13-40(31,43)2)58-17-7-16-57-5/h24-27,29-33,35,37-38,46-47,49,51,53-56H,7-11,13-23H2,1-5H3/t24-,25-,26-,27-,29+,30+,31-,32+,33-,35+,37-,38+,40-,41+,42-,43-,44+,48?/m0/s1. The van der Waals surface area contributed by atoms with Crippen LogP contribution in [0.15, 0.2) is 11.1 Å². The van der Waals surface area contributed by atoms with Crippen molar-refractivity contribution < 1.29 is 54.4 Å². The van der Waals surface area contributed by atoms with Crippen molar-refractivity contribution >= 4 is 11.7 Å². The maximum atomic E-state index is 15.1. The fraction of sp³-hybridized carbons (Fsp3) is 0.867. The summed E-state index contributed by atoms with van der Waals surface area (Å²) in [6, 6.07) is -0.876. The number of aliphatic hydroxyl groups excluding tert-OH is 2. The molecule has 0 unspecified atom stereocenters. The summed E-state index contributed by atoms with van der Waals surface area (Å²) in [5.41, 5.74) is -5.07. The molecule has 10 aliphatic rings. The van der Waals surface area contributed by atoms with Gasteiger partial charge < -0.3 is 55.1 Å². The minimum absolute atomic E-state index is 0.0516. The van der Waals surface area contributed by atoms with Crippen molar-refractivity contribution in [3.05, 3.63) is 11.1 Å². The lowest BCUT2D eigenvalue weighted by Crippen LogP contribution is -2.71. The summed E-state index contributed by atoms with van der Waals surface area (Å²) >= 11 is 0. The van der Waals surface area contributed by atoms with Gasteiger partial charge in [0, 0.05) is 69.5 Å². The smallest absolute Gasteiger partial charge is 0.240 e. The monoisotopic (exact) mass is 825 g/mol. The van der Waals surface area contributed by atoms with Crippen molar-refractivity contribution in [3.63, 3.8) is 0 Å². The molecule has 0 aromatic heterocycles. The fourth-order valence-corrected chi connectivity index (χ4v) is 14.5. The number of nitrogens with zero attached hydrogens (tertiary/aromatic N) is 1. The van der Waals surface area contributed by atoms with Crippen LogP contribution in [0.4, 0.5) is 0 Å². The quantitative estimate of drug-likeness (QED) is 0.0700. The van der Waals surface area contributed by atoms with E-state index in [2.05, 4.69) is 29.4 Å². The van der Waals surface area contributed by atoms with Gasteiger partial charge in [-0.2, -0.15) is 0 Å². The molecule has 1 spiro atoms. The van der Waals surface area contributed by atoms with E-state index in [9.17, 15) is 35.4 Å². The largest absolute Gasteiger partial charge is 0.392 e. The third-order valence-corrected chi connectivity index (χ3v) is 17.7. The number of rotatable bonds is 9. The number of carbonyl (C=O) groups is 2. The molecule has 3 saturated heterocycles. The van der Waals surface area contributed by atoms with Gasteiger partial charge in [0.2, 0.25) is 11.7 Å². The van der Waals surface area contributed by atoms with E-state index in [-0.39, 0.29) is 61.6 Å². The van der Waals surface area contributed by atoms with Crippen LogP contribution in [-0.2, 0) is 23.8 Å². The molecule has 7 bridgehead atoms. The number of piperidine rings is 1. The van der Waals surface area contributed by atoms with Gasteiger partial charge in [0.05, 0.1) is 35.3 Å². The van der Waals surface area contributed by atoms with Gasteiger partial charge in [0.1, 0.15) is 24.0 Å².